The summed E-state index contributed by atoms with van der Waals surface area (Å²) in [6, 6.07) is -1.49. The predicted octanol–water partition coefficient (Wildman–Crippen LogP) is 1.01. The molecule has 1 heterocycles. The van der Waals surface area contributed by atoms with Crippen molar-refractivity contribution in [1.29, 1.82) is 0 Å². The van der Waals surface area contributed by atoms with Crippen LogP contribution < -0.4 is 5.32 Å². The zero-order valence-electron chi connectivity index (χ0n) is 7.27. The van der Waals surface area contributed by atoms with Gasteiger partial charge in [0, 0.05) is 26.2 Å². The molecule has 0 aliphatic carbocycles. The van der Waals surface area contributed by atoms with Crippen molar-refractivity contribution in [3.63, 3.8) is 0 Å². The summed E-state index contributed by atoms with van der Waals surface area (Å²) in [5.74, 6) is 0. The first-order chi connectivity index (χ1) is 6.05. The van der Waals surface area contributed by atoms with E-state index in [1.165, 1.54) is 4.90 Å². The molecular weight excluding hydrogens is 181 g/mol. The Balaban J connectivity index is 2.59. The van der Waals surface area contributed by atoms with E-state index in [1.807, 2.05) is 0 Å². The van der Waals surface area contributed by atoms with Crippen LogP contribution in [0.3, 0.4) is 0 Å². The number of hydrogen-bond donors (Lipinski definition) is 1. The molecule has 1 unspecified atom stereocenters. The average molecular weight is 194 g/mol. The topological polar surface area (TPSA) is 15.3 Å². The molecule has 0 saturated carbocycles. The number of nitrogens with one attached hydrogen (secondary N) is 1. The lowest BCUT2D eigenvalue weighted by molar-refractivity contribution is -0.171. The highest BCUT2D eigenvalue weighted by atomic mass is 19.4. The number of halogens is 3. The van der Waals surface area contributed by atoms with Gasteiger partial charge in [0.05, 0.1) is 0 Å². The lowest BCUT2D eigenvalue weighted by Gasteiger charge is -2.34. The molecule has 1 atom stereocenters. The number of nitrogens with zero attached hydrogens (tertiary/aromatic N) is 1. The Morgan fingerprint density at radius 3 is 2.23 bits per heavy atom. The Kier molecular flexibility index (Phi) is 3.33. The molecule has 2 nitrogen and oxygen atoms in total. The van der Waals surface area contributed by atoms with Gasteiger partial charge in [0.2, 0.25) is 0 Å². The van der Waals surface area contributed by atoms with Gasteiger partial charge in [-0.2, -0.15) is 13.2 Å². The summed E-state index contributed by atoms with van der Waals surface area (Å²) in [7, 11) is 0. The zero-order valence-corrected chi connectivity index (χ0v) is 7.27. The van der Waals surface area contributed by atoms with Crippen LogP contribution in [0.1, 0.15) is 0 Å². The van der Waals surface area contributed by atoms with Crippen LogP contribution in [-0.4, -0.2) is 43.3 Å². The van der Waals surface area contributed by atoms with Gasteiger partial charge in [0.25, 0.3) is 0 Å². The Hall–Kier alpha value is -0.550. The smallest absolute Gasteiger partial charge is 0.314 e. The molecule has 0 amide bonds. The maximum atomic E-state index is 12.4. The molecule has 0 aromatic heterocycles. The van der Waals surface area contributed by atoms with Crippen LogP contribution in [0.4, 0.5) is 13.2 Å². The molecule has 0 bridgehead atoms. The van der Waals surface area contributed by atoms with Crippen LogP contribution in [0.15, 0.2) is 12.7 Å². The third-order valence-corrected chi connectivity index (χ3v) is 2.10. The van der Waals surface area contributed by atoms with Gasteiger partial charge in [0.1, 0.15) is 6.04 Å². The first-order valence-electron chi connectivity index (χ1n) is 4.19. The van der Waals surface area contributed by atoms with E-state index in [9.17, 15) is 13.2 Å². The number of hydrogen-bond acceptors (Lipinski definition) is 2. The summed E-state index contributed by atoms with van der Waals surface area (Å²) < 4.78 is 37.1. The highest BCUT2D eigenvalue weighted by Crippen LogP contribution is 2.25. The van der Waals surface area contributed by atoms with Crippen LogP contribution in [0.5, 0.6) is 0 Å². The van der Waals surface area contributed by atoms with Crippen molar-refractivity contribution < 1.29 is 13.2 Å². The van der Waals surface area contributed by atoms with Gasteiger partial charge in [-0.05, 0) is 0 Å². The van der Waals surface area contributed by atoms with E-state index in [2.05, 4.69) is 11.9 Å². The molecule has 0 aromatic carbocycles. The van der Waals surface area contributed by atoms with E-state index in [0.29, 0.717) is 26.2 Å². The second-order valence-corrected chi connectivity index (χ2v) is 3.01. The SMILES string of the molecule is C=CC(N1CCNCC1)C(F)(F)F. The van der Waals surface area contributed by atoms with Crippen molar-refractivity contribution in [2.75, 3.05) is 26.2 Å². The summed E-state index contributed by atoms with van der Waals surface area (Å²) in [6.45, 7) is 5.30. The van der Waals surface area contributed by atoms with E-state index in [0.717, 1.165) is 6.08 Å². The fourth-order valence-electron chi connectivity index (χ4n) is 1.45. The van der Waals surface area contributed by atoms with Crippen molar-refractivity contribution in [2.24, 2.45) is 0 Å². The molecule has 1 fully saturated rings. The Bertz CT molecular complexity index is 173. The molecule has 1 aliphatic rings. The fraction of sp³-hybridized carbons (Fsp3) is 0.750. The predicted molar refractivity (Wildman–Crippen MR) is 44.5 cm³/mol. The van der Waals surface area contributed by atoms with E-state index in [4.69, 9.17) is 0 Å². The second-order valence-electron chi connectivity index (χ2n) is 3.01. The maximum absolute atomic E-state index is 12.4. The van der Waals surface area contributed by atoms with E-state index < -0.39 is 12.2 Å². The first kappa shape index (κ1) is 10.5. The number of piperazine rings is 1. The minimum Gasteiger partial charge on any atom is -0.314 e. The molecule has 0 aromatic rings. The lowest BCUT2D eigenvalue weighted by atomic mass is 10.2. The van der Waals surface area contributed by atoms with E-state index in [1.54, 1.807) is 0 Å². The minimum absolute atomic E-state index is 0.427. The van der Waals surface area contributed by atoms with E-state index >= 15 is 0 Å². The molecule has 1 saturated heterocycles. The average Bonchev–Trinajstić information content (AvgIpc) is 2.05. The lowest BCUT2D eigenvalue weighted by Crippen LogP contribution is -2.52. The van der Waals surface area contributed by atoms with Gasteiger partial charge in [-0.15, -0.1) is 6.58 Å². The highest BCUT2D eigenvalue weighted by molar-refractivity contribution is 4.94. The standard InChI is InChI=1S/C8H13F3N2/c1-2-7(8(9,10)11)13-5-3-12-4-6-13/h2,7,12H,1,3-6H2. The van der Waals surface area contributed by atoms with Crippen molar-refractivity contribution in [3.8, 4) is 0 Å². The molecular formula is C8H13F3N2. The third kappa shape index (κ3) is 2.70. The second kappa shape index (κ2) is 4.11. The monoisotopic (exact) mass is 194 g/mol. The van der Waals surface area contributed by atoms with Crippen molar-refractivity contribution in [3.05, 3.63) is 12.7 Å². The van der Waals surface area contributed by atoms with Crippen LogP contribution in [0, 0.1) is 0 Å². The first-order valence-corrected chi connectivity index (χ1v) is 4.19. The van der Waals surface area contributed by atoms with Crippen molar-refractivity contribution in [2.45, 2.75) is 12.2 Å². The minimum atomic E-state index is -4.20. The molecule has 76 valence electrons. The zero-order chi connectivity index (χ0) is 9.90. The number of alkyl halides is 3. The summed E-state index contributed by atoms with van der Waals surface area (Å²) in [6.07, 6.45) is -3.23. The Labute approximate surface area is 75.4 Å². The molecule has 1 N–H and O–H groups in total. The summed E-state index contributed by atoms with van der Waals surface area (Å²) in [4.78, 5) is 1.39. The van der Waals surface area contributed by atoms with Crippen LogP contribution in [0.25, 0.3) is 0 Å². The molecule has 1 rings (SSSR count). The summed E-state index contributed by atoms with van der Waals surface area (Å²) in [5.41, 5.74) is 0. The molecule has 0 radical (unpaired) electrons. The highest BCUT2D eigenvalue weighted by Gasteiger charge is 2.41. The molecule has 1 aliphatic heterocycles. The van der Waals surface area contributed by atoms with Gasteiger partial charge in [-0.1, -0.05) is 6.08 Å². The van der Waals surface area contributed by atoms with E-state index in [-0.39, 0.29) is 0 Å². The van der Waals surface area contributed by atoms with Gasteiger partial charge in [-0.3, -0.25) is 4.90 Å². The van der Waals surface area contributed by atoms with Crippen LogP contribution in [0.2, 0.25) is 0 Å². The van der Waals surface area contributed by atoms with Crippen molar-refractivity contribution in [1.82, 2.24) is 10.2 Å². The van der Waals surface area contributed by atoms with Crippen LogP contribution in [-0.2, 0) is 0 Å². The normalized spacial score (nSPS) is 22.7. The molecule has 13 heavy (non-hydrogen) atoms. The van der Waals surface area contributed by atoms with Gasteiger partial charge in [-0.25, -0.2) is 0 Å². The molecule has 0 spiro atoms. The number of rotatable bonds is 2. The summed E-state index contributed by atoms with van der Waals surface area (Å²) >= 11 is 0. The maximum Gasteiger partial charge on any atom is 0.407 e. The Morgan fingerprint density at radius 1 is 1.31 bits per heavy atom. The van der Waals surface area contributed by atoms with Gasteiger partial charge >= 0.3 is 6.18 Å². The quantitative estimate of drug-likeness (QED) is 0.660. The van der Waals surface area contributed by atoms with Gasteiger partial charge < -0.3 is 5.32 Å². The Morgan fingerprint density at radius 2 is 1.85 bits per heavy atom. The van der Waals surface area contributed by atoms with Gasteiger partial charge in [0.15, 0.2) is 0 Å². The summed E-state index contributed by atoms with van der Waals surface area (Å²) in [5, 5.41) is 3.00. The largest absolute Gasteiger partial charge is 0.407 e. The third-order valence-electron chi connectivity index (χ3n) is 2.10. The fourth-order valence-corrected chi connectivity index (χ4v) is 1.45. The van der Waals surface area contributed by atoms with Crippen LogP contribution >= 0.6 is 0 Å². The molecule has 5 heteroatoms. The van der Waals surface area contributed by atoms with Crippen molar-refractivity contribution >= 4 is 0 Å².